The van der Waals surface area contributed by atoms with E-state index in [0.717, 1.165) is 24.3 Å². The maximum atomic E-state index is 13.7. The number of carbonyl (C=O) groups is 3. The Hall–Kier alpha value is -5.17. The molecular weight excluding hydrogens is 482 g/mol. The summed E-state index contributed by atoms with van der Waals surface area (Å²) in [6, 6.07) is 17.1. The van der Waals surface area contributed by atoms with Crippen LogP contribution in [0.2, 0.25) is 0 Å². The SMILES string of the molecule is CCOC(=O)c1ncn(-c2ccc(C#N)cc2)c1N(C(=O)c1ccc(F)cc1)C(=O)c1ccc(F)cc1. The monoisotopic (exact) mass is 500 g/mol. The summed E-state index contributed by atoms with van der Waals surface area (Å²) in [7, 11) is 0. The summed E-state index contributed by atoms with van der Waals surface area (Å²) >= 11 is 0. The smallest absolute Gasteiger partial charge is 0.360 e. The number of hydrogen-bond donors (Lipinski definition) is 0. The molecule has 8 nitrogen and oxygen atoms in total. The minimum absolute atomic E-state index is 0.000182. The average molecular weight is 500 g/mol. The maximum Gasteiger partial charge on any atom is 0.360 e. The van der Waals surface area contributed by atoms with E-state index >= 15 is 0 Å². The van der Waals surface area contributed by atoms with E-state index in [1.54, 1.807) is 19.1 Å². The van der Waals surface area contributed by atoms with E-state index in [2.05, 4.69) is 4.98 Å². The summed E-state index contributed by atoms with van der Waals surface area (Å²) in [5, 5.41) is 9.13. The van der Waals surface area contributed by atoms with Gasteiger partial charge in [0.25, 0.3) is 11.8 Å². The van der Waals surface area contributed by atoms with Gasteiger partial charge in [0.2, 0.25) is 0 Å². The zero-order valence-electron chi connectivity index (χ0n) is 19.4. The number of carbonyl (C=O) groups excluding carboxylic acids is 3. The van der Waals surface area contributed by atoms with Crippen LogP contribution in [0.4, 0.5) is 14.6 Å². The fraction of sp³-hybridized carbons (Fsp3) is 0.0741. The first kappa shape index (κ1) is 24.9. The summed E-state index contributed by atoms with van der Waals surface area (Å²) in [5.41, 5.74) is 0.286. The second kappa shape index (κ2) is 10.6. The van der Waals surface area contributed by atoms with Crippen molar-refractivity contribution in [3.63, 3.8) is 0 Å². The second-order valence-corrected chi connectivity index (χ2v) is 7.63. The van der Waals surface area contributed by atoms with Gasteiger partial charge in [0.15, 0.2) is 11.5 Å². The third kappa shape index (κ3) is 5.11. The maximum absolute atomic E-state index is 13.7. The zero-order chi connectivity index (χ0) is 26.5. The lowest BCUT2D eigenvalue weighted by molar-refractivity contribution is 0.0521. The van der Waals surface area contributed by atoms with Crippen LogP contribution >= 0.6 is 0 Å². The molecule has 0 aliphatic rings. The van der Waals surface area contributed by atoms with Crippen molar-refractivity contribution in [3.05, 3.63) is 113 Å². The number of benzene rings is 3. The molecule has 1 heterocycles. The molecule has 0 saturated heterocycles. The van der Waals surface area contributed by atoms with Gasteiger partial charge in [-0.2, -0.15) is 5.26 Å². The number of halogens is 2. The third-order valence-electron chi connectivity index (χ3n) is 5.29. The highest BCUT2D eigenvalue weighted by molar-refractivity contribution is 6.26. The first-order valence-electron chi connectivity index (χ1n) is 11.0. The lowest BCUT2D eigenvalue weighted by Crippen LogP contribution is -2.39. The van der Waals surface area contributed by atoms with Gasteiger partial charge in [0, 0.05) is 16.8 Å². The van der Waals surface area contributed by atoms with E-state index in [0.29, 0.717) is 16.2 Å². The quantitative estimate of drug-likeness (QED) is 0.281. The Morgan fingerprint density at radius 2 is 1.41 bits per heavy atom. The van der Waals surface area contributed by atoms with Crippen molar-refractivity contribution in [3.8, 4) is 11.8 Å². The van der Waals surface area contributed by atoms with E-state index in [1.165, 1.54) is 47.3 Å². The molecule has 0 atom stereocenters. The van der Waals surface area contributed by atoms with Gasteiger partial charge in [-0.15, -0.1) is 0 Å². The van der Waals surface area contributed by atoms with Crippen LogP contribution in [0.3, 0.4) is 0 Å². The number of aromatic nitrogens is 2. The van der Waals surface area contributed by atoms with Crippen LogP contribution in [-0.4, -0.2) is 33.9 Å². The Labute approximate surface area is 210 Å². The van der Waals surface area contributed by atoms with E-state index in [1.807, 2.05) is 6.07 Å². The molecule has 0 spiro atoms. The summed E-state index contributed by atoms with van der Waals surface area (Å²) in [5.74, 6) is -4.11. The molecule has 1 aromatic heterocycles. The van der Waals surface area contributed by atoms with E-state index in [-0.39, 0.29) is 29.2 Å². The van der Waals surface area contributed by atoms with Gasteiger partial charge in [0.1, 0.15) is 18.0 Å². The fourth-order valence-electron chi connectivity index (χ4n) is 3.51. The Bertz CT molecular complexity index is 1450. The highest BCUT2D eigenvalue weighted by Gasteiger charge is 2.34. The van der Waals surface area contributed by atoms with E-state index < -0.39 is 29.4 Å². The number of amides is 2. The number of imide groups is 1. The lowest BCUT2D eigenvalue weighted by Gasteiger charge is -2.23. The standard InChI is InChI=1S/C27H18F2N4O4/c1-2-37-27(36)23-24(32(16-31-23)22-13-3-17(15-30)4-14-22)33(25(34)18-5-9-20(28)10-6-18)26(35)19-7-11-21(29)12-8-19/h3-14,16H,2H2,1H3. The average Bonchev–Trinajstić information content (AvgIpc) is 3.34. The van der Waals surface area contributed by atoms with Crippen molar-refractivity contribution in [1.29, 1.82) is 5.26 Å². The van der Waals surface area contributed by atoms with Crippen molar-refractivity contribution in [1.82, 2.24) is 9.55 Å². The van der Waals surface area contributed by atoms with Crippen LogP contribution in [0.25, 0.3) is 5.69 Å². The molecule has 0 bridgehead atoms. The molecule has 0 N–H and O–H groups in total. The molecule has 0 fully saturated rings. The molecule has 0 unspecified atom stereocenters. The highest BCUT2D eigenvalue weighted by atomic mass is 19.1. The number of nitriles is 1. The lowest BCUT2D eigenvalue weighted by atomic mass is 10.1. The molecule has 0 radical (unpaired) electrons. The van der Waals surface area contributed by atoms with Crippen LogP contribution < -0.4 is 4.90 Å². The number of imidazole rings is 1. The van der Waals surface area contributed by atoms with Crippen molar-refractivity contribution in [2.75, 3.05) is 11.5 Å². The zero-order valence-corrected chi connectivity index (χ0v) is 19.4. The first-order valence-corrected chi connectivity index (χ1v) is 11.0. The molecule has 4 rings (SSSR count). The van der Waals surface area contributed by atoms with Gasteiger partial charge < -0.3 is 4.74 Å². The van der Waals surface area contributed by atoms with Crippen molar-refractivity contribution < 1.29 is 27.9 Å². The van der Waals surface area contributed by atoms with Gasteiger partial charge in [-0.1, -0.05) is 0 Å². The van der Waals surface area contributed by atoms with Gasteiger partial charge in [-0.25, -0.2) is 23.5 Å². The molecule has 184 valence electrons. The van der Waals surface area contributed by atoms with E-state index in [9.17, 15) is 23.2 Å². The predicted molar refractivity (Wildman–Crippen MR) is 128 cm³/mol. The molecule has 37 heavy (non-hydrogen) atoms. The van der Waals surface area contributed by atoms with Crippen molar-refractivity contribution in [2.24, 2.45) is 0 Å². The van der Waals surface area contributed by atoms with Crippen LogP contribution in [0.1, 0.15) is 43.7 Å². The molecule has 0 aliphatic carbocycles. The topological polar surface area (TPSA) is 105 Å². The molecule has 4 aromatic rings. The molecule has 10 heteroatoms. The molecule has 0 aliphatic heterocycles. The molecule has 0 saturated carbocycles. The van der Waals surface area contributed by atoms with Crippen LogP contribution in [0.5, 0.6) is 0 Å². The first-order chi connectivity index (χ1) is 17.8. The number of nitrogens with zero attached hydrogens (tertiary/aromatic N) is 4. The Morgan fingerprint density at radius 1 is 0.892 bits per heavy atom. The Balaban J connectivity index is 1.96. The number of esters is 1. The third-order valence-corrected chi connectivity index (χ3v) is 5.29. The minimum Gasteiger partial charge on any atom is -0.461 e. The molecular formula is C27H18F2N4O4. The van der Waals surface area contributed by atoms with Gasteiger partial charge in [-0.3, -0.25) is 14.2 Å². The van der Waals surface area contributed by atoms with Gasteiger partial charge in [0.05, 0.1) is 18.2 Å². The Kier molecular flexibility index (Phi) is 7.16. The molecule has 3 aromatic carbocycles. The summed E-state index contributed by atoms with van der Waals surface area (Å²) in [6.07, 6.45) is 1.23. The summed E-state index contributed by atoms with van der Waals surface area (Å²) in [4.78, 5) is 45.1. The fourth-order valence-corrected chi connectivity index (χ4v) is 3.51. The van der Waals surface area contributed by atoms with E-state index in [4.69, 9.17) is 10.00 Å². The van der Waals surface area contributed by atoms with Crippen LogP contribution in [0, 0.1) is 23.0 Å². The minimum atomic E-state index is -0.895. The second-order valence-electron chi connectivity index (χ2n) is 7.63. The predicted octanol–water partition coefficient (Wildman–Crippen LogP) is 4.69. The van der Waals surface area contributed by atoms with Crippen molar-refractivity contribution in [2.45, 2.75) is 6.92 Å². The number of ether oxygens (including phenoxy) is 1. The normalized spacial score (nSPS) is 10.4. The Morgan fingerprint density at radius 3 is 1.86 bits per heavy atom. The van der Waals surface area contributed by atoms with Gasteiger partial charge in [-0.05, 0) is 79.7 Å². The largest absolute Gasteiger partial charge is 0.461 e. The van der Waals surface area contributed by atoms with Gasteiger partial charge >= 0.3 is 5.97 Å². The van der Waals surface area contributed by atoms with Crippen LogP contribution in [0.15, 0.2) is 79.1 Å². The highest BCUT2D eigenvalue weighted by Crippen LogP contribution is 2.29. The summed E-state index contributed by atoms with van der Waals surface area (Å²) in [6.45, 7) is 1.58. The van der Waals surface area contributed by atoms with Crippen LogP contribution in [-0.2, 0) is 4.74 Å². The summed E-state index contributed by atoms with van der Waals surface area (Å²) < 4.78 is 33.5. The molecule has 2 amide bonds. The number of hydrogen-bond acceptors (Lipinski definition) is 6. The van der Waals surface area contributed by atoms with Crippen molar-refractivity contribution >= 4 is 23.6 Å². The number of anilines is 1. The number of rotatable bonds is 6.